The molecular formula is C21H22ClNO5. The van der Waals surface area contributed by atoms with E-state index in [4.69, 9.17) is 21.1 Å². The summed E-state index contributed by atoms with van der Waals surface area (Å²) in [7, 11) is 0. The average Bonchev–Trinajstić information content (AvgIpc) is 2.64. The summed E-state index contributed by atoms with van der Waals surface area (Å²) in [5.74, 6) is -1.01. The molecule has 0 spiro atoms. The van der Waals surface area contributed by atoms with E-state index in [1.807, 2.05) is 20.8 Å². The summed E-state index contributed by atoms with van der Waals surface area (Å²) in [5.41, 5.74) is 0.517. The van der Waals surface area contributed by atoms with Crippen LogP contribution in [-0.2, 0) is 4.79 Å². The van der Waals surface area contributed by atoms with Gasteiger partial charge >= 0.3 is 5.97 Å². The zero-order valence-corrected chi connectivity index (χ0v) is 16.6. The molecule has 2 rings (SSSR count). The van der Waals surface area contributed by atoms with E-state index in [-0.39, 0.29) is 16.8 Å². The van der Waals surface area contributed by atoms with Crippen LogP contribution in [0.5, 0.6) is 11.5 Å². The molecule has 7 heteroatoms. The summed E-state index contributed by atoms with van der Waals surface area (Å²) in [6, 6.07) is 11.5. The Morgan fingerprint density at radius 1 is 1.21 bits per heavy atom. The maximum atomic E-state index is 12.3. The van der Waals surface area contributed by atoms with Crippen LogP contribution in [0.25, 0.3) is 6.08 Å². The molecule has 0 aliphatic carbocycles. The van der Waals surface area contributed by atoms with Crippen molar-refractivity contribution in [3.8, 4) is 11.5 Å². The minimum Gasteiger partial charge on any atom is -0.490 e. The minimum atomic E-state index is -1.28. The fourth-order valence-electron chi connectivity index (χ4n) is 2.39. The number of carbonyl (C=O) groups excluding carboxylic acids is 1. The lowest BCUT2D eigenvalue weighted by Crippen LogP contribution is -2.27. The van der Waals surface area contributed by atoms with Gasteiger partial charge in [0.1, 0.15) is 5.70 Å². The Hall–Kier alpha value is -2.99. The molecular weight excluding hydrogens is 382 g/mol. The molecule has 0 atom stereocenters. The number of carboxylic acids is 1. The number of rotatable bonds is 8. The maximum Gasteiger partial charge on any atom is 0.352 e. The largest absolute Gasteiger partial charge is 0.490 e. The Morgan fingerprint density at radius 2 is 1.89 bits per heavy atom. The average molecular weight is 404 g/mol. The molecule has 2 aromatic carbocycles. The third-order valence-electron chi connectivity index (χ3n) is 3.51. The number of benzene rings is 2. The third kappa shape index (κ3) is 5.76. The van der Waals surface area contributed by atoms with Crippen LogP contribution in [0.4, 0.5) is 0 Å². The van der Waals surface area contributed by atoms with E-state index < -0.39 is 11.9 Å². The van der Waals surface area contributed by atoms with Gasteiger partial charge in [-0.3, -0.25) is 4.79 Å². The number of hydrogen-bond donors (Lipinski definition) is 2. The highest BCUT2D eigenvalue weighted by atomic mass is 35.5. The first-order chi connectivity index (χ1) is 13.3. The number of amides is 1. The van der Waals surface area contributed by atoms with Crippen LogP contribution in [0.3, 0.4) is 0 Å². The molecule has 0 aliphatic heterocycles. The number of aliphatic carboxylic acids is 1. The van der Waals surface area contributed by atoms with Gasteiger partial charge < -0.3 is 19.9 Å². The number of hydrogen-bond acceptors (Lipinski definition) is 4. The molecule has 0 saturated carbocycles. The summed E-state index contributed by atoms with van der Waals surface area (Å²) < 4.78 is 11.3. The van der Waals surface area contributed by atoms with Gasteiger partial charge in [0.2, 0.25) is 0 Å². The third-order valence-corrected chi connectivity index (χ3v) is 3.79. The monoisotopic (exact) mass is 403 g/mol. The zero-order chi connectivity index (χ0) is 20.7. The van der Waals surface area contributed by atoms with E-state index in [1.165, 1.54) is 6.08 Å². The maximum absolute atomic E-state index is 12.3. The van der Waals surface area contributed by atoms with E-state index in [0.717, 1.165) is 0 Å². The molecule has 0 bridgehead atoms. The van der Waals surface area contributed by atoms with Crippen molar-refractivity contribution in [2.75, 3.05) is 6.61 Å². The van der Waals surface area contributed by atoms with Crippen molar-refractivity contribution in [1.29, 1.82) is 0 Å². The number of carbonyl (C=O) groups is 2. The lowest BCUT2D eigenvalue weighted by molar-refractivity contribution is -0.132. The molecule has 1 amide bonds. The minimum absolute atomic E-state index is 0.113. The van der Waals surface area contributed by atoms with Crippen LogP contribution < -0.4 is 14.8 Å². The first-order valence-corrected chi connectivity index (χ1v) is 9.14. The van der Waals surface area contributed by atoms with Crippen LogP contribution >= 0.6 is 11.6 Å². The van der Waals surface area contributed by atoms with Crippen molar-refractivity contribution in [2.24, 2.45) is 0 Å². The fourth-order valence-corrected chi connectivity index (χ4v) is 2.65. The molecule has 0 fully saturated rings. The predicted molar refractivity (Wildman–Crippen MR) is 108 cm³/mol. The van der Waals surface area contributed by atoms with Crippen LogP contribution in [-0.4, -0.2) is 29.7 Å². The van der Waals surface area contributed by atoms with E-state index in [9.17, 15) is 14.7 Å². The second-order valence-corrected chi connectivity index (χ2v) is 6.52. The van der Waals surface area contributed by atoms with E-state index in [1.54, 1.807) is 42.5 Å². The molecule has 0 unspecified atom stereocenters. The molecule has 0 saturated heterocycles. The standard InChI is InChI=1S/C21H22ClNO5/c1-4-27-18-12-14(10-16(22)19(18)28-13(2)3)11-17(21(25)26)23-20(24)15-8-6-5-7-9-15/h5-13H,4H2,1-3H3,(H,23,24)(H,25,26). The second kappa shape index (κ2) is 9.80. The Labute approximate surface area is 168 Å². The molecule has 0 aromatic heterocycles. The molecule has 0 aliphatic rings. The normalized spacial score (nSPS) is 11.2. The summed E-state index contributed by atoms with van der Waals surface area (Å²) in [5, 5.41) is 12.2. The van der Waals surface area contributed by atoms with Gasteiger partial charge in [0.25, 0.3) is 5.91 Å². The molecule has 0 radical (unpaired) electrons. The molecule has 148 valence electrons. The van der Waals surface area contributed by atoms with Gasteiger partial charge in [-0.2, -0.15) is 0 Å². The number of carboxylic acid groups (broad SMARTS) is 1. The van der Waals surface area contributed by atoms with Gasteiger partial charge in [0, 0.05) is 5.56 Å². The molecule has 2 aromatic rings. The van der Waals surface area contributed by atoms with Gasteiger partial charge in [-0.05, 0) is 56.7 Å². The van der Waals surface area contributed by atoms with E-state index in [0.29, 0.717) is 29.2 Å². The fraction of sp³-hybridized carbons (Fsp3) is 0.238. The SMILES string of the molecule is CCOc1cc(C=C(NC(=O)c2ccccc2)C(=O)O)cc(Cl)c1OC(C)C. The predicted octanol–water partition coefficient (Wildman–Crippen LogP) is 4.38. The summed E-state index contributed by atoms with van der Waals surface area (Å²) in [6.45, 7) is 5.93. The molecule has 28 heavy (non-hydrogen) atoms. The highest BCUT2D eigenvalue weighted by molar-refractivity contribution is 6.32. The first kappa shape index (κ1) is 21.3. The highest BCUT2D eigenvalue weighted by Crippen LogP contribution is 2.38. The molecule has 6 nitrogen and oxygen atoms in total. The van der Waals surface area contributed by atoms with Gasteiger partial charge in [-0.25, -0.2) is 4.79 Å². The van der Waals surface area contributed by atoms with Gasteiger partial charge in [-0.1, -0.05) is 29.8 Å². The van der Waals surface area contributed by atoms with Crippen molar-refractivity contribution >= 4 is 29.6 Å². The Morgan fingerprint density at radius 3 is 2.46 bits per heavy atom. The zero-order valence-electron chi connectivity index (χ0n) is 15.9. The summed E-state index contributed by atoms with van der Waals surface area (Å²) in [6.07, 6.45) is 1.20. The number of halogens is 1. The van der Waals surface area contributed by atoms with Crippen molar-refractivity contribution in [3.05, 3.63) is 64.3 Å². The molecule has 0 heterocycles. The van der Waals surface area contributed by atoms with Crippen molar-refractivity contribution in [3.63, 3.8) is 0 Å². The topological polar surface area (TPSA) is 84.9 Å². The van der Waals surface area contributed by atoms with Crippen molar-refractivity contribution in [1.82, 2.24) is 5.32 Å². The van der Waals surface area contributed by atoms with Crippen LogP contribution in [0.15, 0.2) is 48.2 Å². The van der Waals surface area contributed by atoms with Gasteiger partial charge in [0.05, 0.1) is 17.7 Å². The summed E-state index contributed by atoms with van der Waals surface area (Å²) >= 11 is 6.31. The Bertz CT molecular complexity index is 878. The van der Waals surface area contributed by atoms with Crippen LogP contribution in [0, 0.1) is 0 Å². The quantitative estimate of drug-likeness (QED) is 0.639. The van der Waals surface area contributed by atoms with Gasteiger partial charge in [-0.15, -0.1) is 0 Å². The van der Waals surface area contributed by atoms with Crippen LogP contribution in [0.1, 0.15) is 36.7 Å². The Balaban J connectivity index is 2.38. The van der Waals surface area contributed by atoms with E-state index in [2.05, 4.69) is 5.32 Å². The number of nitrogens with one attached hydrogen (secondary N) is 1. The summed E-state index contributed by atoms with van der Waals surface area (Å²) in [4.78, 5) is 23.9. The Kier molecular flexibility index (Phi) is 7.46. The van der Waals surface area contributed by atoms with Crippen LogP contribution in [0.2, 0.25) is 5.02 Å². The smallest absolute Gasteiger partial charge is 0.352 e. The number of ether oxygens (including phenoxy) is 2. The highest BCUT2D eigenvalue weighted by Gasteiger charge is 2.17. The lowest BCUT2D eigenvalue weighted by Gasteiger charge is -2.17. The van der Waals surface area contributed by atoms with Gasteiger partial charge in [0.15, 0.2) is 11.5 Å². The lowest BCUT2D eigenvalue weighted by atomic mass is 10.1. The molecule has 2 N–H and O–H groups in total. The van der Waals surface area contributed by atoms with E-state index >= 15 is 0 Å². The van der Waals surface area contributed by atoms with Crippen molar-refractivity contribution < 1.29 is 24.2 Å². The van der Waals surface area contributed by atoms with Crippen molar-refractivity contribution in [2.45, 2.75) is 26.9 Å². The first-order valence-electron chi connectivity index (χ1n) is 8.76. The second-order valence-electron chi connectivity index (χ2n) is 6.11.